The zero-order valence-electron chi connectivity index (χ0n) is 14.8. The lowest BCUT2D eigenvalue weighted by atomic mass is 10.2. The maximum Gasteiger partial charge on any atom is 0.191 e. The third-order valence-corrected chi connectivity index (χ3v) is 3.59. The molecule has 0 aromatic heterocycles. The van der Waals surface area contributed by atoms with E-state index in [1.165, 1.54) is 12.1 Å². The quantitative estimate of drug-likeness (QED) is 0.598. The topological polar surface area (TPSA) is 54.9 Å². The van der Waals surface area contributed by atoms with E-state index < -0.39 is 0 Å². The summed E-state index contributed by atoms with van der Waals surface area (Å²) in [5.74, 6) is 1.89. The fourth-order valence-electron chi connectivity index (χ4n) is 2.32. The Morgan fingerprint density at radius 2 is 1.92 bits per heavy atom. The van der Waals surface area contributed by atoms with E-state index in [1.54, 1.807) is 20.3 Å². The van der Waals surface area contributed by atoms with E-state index in [2.05, 4.69) is 15.6 Å². The molecule has 5 nitrogen and oxygen atoms in total. The molecule has 2 aromatic carbocycles. The number of halogens is 1. The number of benzene rings is 2. The molecule has 6 heteroatoms. The first-order valence-electron chi connectivity index (χ1n) is 8.13. The van der Waals surface area contributed by atoms with Crippen molar-refractivity contribution in [2.75, 3.05) is 20.8 Å². The van der Waals surface area contributed by atoms with E-state index in [1.807, 2.05) is 31.2 Å². The van der Waals surface area contributed by atoms with Crippen molar-refractivity contribution in [1.82, 2.24) is 10.6 Å². The molecule has 134 valence electrons. The van der Waals surface area contributed by atoms with Crippen LogP contribution in [0.15, 0.2) is 47.5 Å². The summed E-state index contributed by atoms with van der Waals surface area (Å²) in [6.07, 6.45) is 0. The summed E-state index contributed by atoms with van der Waals surface area (Å²) >= 11 is 0. The van der Waals surface area contributed by atoms with Crippen LogP contribution < -0.4 is 20.1 Å². The molecule has 0 saturated heterocycles. The van der Waals surface area contributed by atoms with Gasteiger partial charge in [0.25, 0.3) is 0 Å². The second-order valence-corrected chi connectivity index (χ2v) is 5.36. The predicted octanol–water partition coefficient (Wildman–Crippen LogP) is 3.10. The monoisotopic (exact) mass is 345 g/mol. The summed E-state index contributed by atoms with van der Waals surface area (Å²) in [7, 11) is 3.25. The smallest absolute Gasteiger partial charge is 0.191 e. The zero-order chi connectivity index (χ0) is 18.1. The average Bonchev–Trinajstić information content (AvgIpc) is 2.64. The van der Waals surface area contributed by atoms with Gasteiger partial charge in [0.2, 0.25) is 0 Å². The van der Waals surface area contributed by atoms with Gasteiger partial charge in [-0.25, -0.2) is 9.38 Å². The Hall–Kier alpha value is -2.76. The number of hydrogen-bond acceptors (Lipinski definition) is 3. The zero-order valence-corrected chi connectivity index (χ0v) is 14.8. The molecule has 0 aliphatic rings. The van der Waals surface area contributed by atoms with Gasteiger partial charge in [-0.3, -0.25) is 0 Å². The molecule has 0 heterocycles. The van der Waals surface area contributed by atoms with E-state index >= 15 is 0 Å². The van der Waals surface area contributed by atoms with Crippen molar-refractivity contribution in [2.45, 2.75) is 20.0 Å². The Morgan fingerprint density at radius 3 is 2.60 bits per heavy atom. The van der Waals surface area contributed by atoms with Crippen LogP contribution in [0.2, 0.25) is 0 Å². The van der Waals surface area contributed by atoms with Crippen LogP contribution >= 0.6 is 0 Å². The SMILES string of the molecule is CCNC(=NCc1cccc(F)c1)NCc1ccc(OC)cc1OC. The molecule has 0 aliphatic carbocycles. The van der Waals surface area contributed by atoms with E-state index in [0.717, 1.165) is 29.2 Å². The number of methoxy groups -OCH3 is 2. The molecule has 0 aliphatic heterocycles. The Kier molecular flexibility index (Phi) is 7.07. The van der Waals surface area contributed by atoms with Crippen LogP contribution in [0.4, 0.5) is 4.39 Å². The Morgan fingerprint density at radius 1 is 1.08 bits per heavy atom. The molecule has 0 bridgehead atoms. The maximum absolute atomic E-state index is 13.3. The van der Waals surface area contributed by atoms with Crippen molar-refractivity contribution in [3.63, 3.8) is 0 Å². The minimum absolute atomic E-state index is 0.256. The van der Waals surface area contributed by atoms with E-state index in [9.17, 15) is 4.39 Å². The average molecular weight is 345 g/mol. The fraction of sp³-hybridized carbons (Fsp3) is 0.316. The van der Waals surface area contributed by atoms with Gasteiger partial charge in [-0.05, 0) is 36.8 Å². The number of guanidine groups is 1. The molecule has 0 amide bonds. The molecule has 0 atom stereocenters. The van der Waals surface area contributed by atoms with Crippen LogP contribution in [0.25, 0.3) is 0 Å². The highest BCUT2D eigenvalue weighted by molar-refractivity contribution is 5.79. The highest BCUT2D eigenvalue weighted by Crippen LogP contribution is 2.24. The van der Waals surface area contributed by atoms with Gasteiger partial charge in [-0.15, -0.1) is 0 Å². The third kappa shape index (κ3) is 5.67. The second-order valence-electron chi connectivity index (χ2n) is 5.36. The van der Waals surface area contributed by atoms with Crippen LogP contribution in [0.1, 0.15) is 18.1 Å². The van der Waals surface area contributed by atoms with E-state index in [0.29, 0.717) is 19.0 Å². The molecule has 0 radical (unpaired) electrons. The van der Waals surface area contributed by atoms with Crippen molar-refractivity contribution < 1.29 is 13.9 Å². The predicted molar refractivity (Wildman–Crippen MR) is 97.6 cm³/mol. The molecular weight excluding hydrogens is 321 g/mol. The van der Waals surface area contributed by atoms with Crippen LogP contribution in [-0.4, -0.2) is 26.7 Å². The number of aliphatic imine (C=N–C) groups is 1. The van der Waals surface area contributed by atoms with Gasteiger partial charge in [-0.2, -0.15) is 0 Å². The number of rotatable bonds is 7. The fourth-order valence-corrected chi connectivity index (χ4v) is 2.32. The molecule has 0 unspecified atom stereocenters. The molecule has 2 rings (SSSR count). The van der Waals surface area contributed by atoms with Gasteiger partial charge in [0.1, 0.15) is 17.3 Å². The number of nitrogens with zero attached hydrogens (tertiary/aromatic N) is 1. The van der Waals surface area contributed by atoms with Gasteiger partial charge >= 0.3 is 0 Å². The largest absolute Gasteiger partial charge is 0.497 e. The summed E-state index contributed by atoms with van der Waals surface area (Å²) in [6, 6.07) is 12.1. The highest BCUT2D eigenvalue weighted by Gasteiger charge is 2.06. The molecular formula is C19H24FN3O2. The molecule has 25 heavy (non-hydrogen) atoms. The van der Waals surface area contributed by atoms with Gasteiger partial charge in [-0.1, -0.05) is 12.1 Å². The molecule has 0 saturated carbocycles. The van der Waals surface area contributed by atoms with Crippen LogP contribution in [0.5, 0.6) is 11.5 Å². The standard InChI is InChI=1S/C19H24FN3O2/c1-4-21-19(22-12-14-6-5-7-16(20)10-14)23-13-15-8-9-17(24-2)11-18(15)25-3/h5-11H,4,12-13H2,1-3H3,(H2,21,22,23). The summed E-state index contributed by atoms with van der Waals surface area (Å²) in [4.78, 5) is 4.49. The van der Waals surface area contributed by atoms with E-state index in [-0.39, 0.29) is 5.82 Å². The minimum Gasteiger partial charge on any atom is -0.497 e. The third-order valence-electron chi connectivity index (χ3n) is 3.59. The van der Waals surface area contributed by atoms with Gasteiger partial charge in [0.05, 0.1) is 20.8 Å². The Labute approximate surface area is 147 Å². The summed E-state index contributed by atoms with van der Waals surface area (Å²) in [5.41, 5.74) is 1.80. The highest BCUT2D eigenvalue weighted by atomic mass is 19.1. The van der Waals surface area contributed by atoms with Crippen molar-refractivity contribution in [3.8, 4) is 11.5 Å². The Balaban J connectivity index is 2.05. The van der Waals surface area contributed by atoms with Gasteiger partial charge < -0.3 is 20.1 Å². The summed E-state index contributed by atoms with van der Waals surface area (Å²) in [5, 5.41) is 6.44. The first kappa shape index (κ1) is 18.6. The minimum atomic E-state index is -0.256. The second kappa shape index (κ2) is 9.52. The first-order chi connectivity index (χ1) is 12.2. The number of hydrogen-bond donors (Lipinski definition) is 2. The van der Waals surface area contributed by atoms with Gasteiger partial charge in [0.15, 0.2) is 5.96 Å². The van der Waals surface area contributed by atoms with Crippen molar-refractivity contribution in [1.29, 1.82) is 0 Å². The maximum atomic E-state index is 13.3. The number of nitrogens with one attached hydrogen (secondary N) is 2. The van der Waals surface area contributed by atoms with Crippen LogP contribution in [0, 0.1) is 5.82 Å². The molecule has 0 fully saturated rings. The summed E-state index contributed by atoms with van der Waals surface area (Å²) in [6.45, 7) is 3.66. The van der Waals surface area contributed by atoms with Crippen molar-refractivity contribution >= 4 is 5.96 Å². The van der Waals surface area contributed by atoms with Gasteiger partial charge in [0, 0.05) is 24.7 Å². The molecule has 2 N–H and O–H groups in total. The lowest BCUT2D eigenvalue weighted by molar-refractivity contribution is 0.390. The normalized spacial score (nSPS) is 11.1. The first-order valence-corrected chi connectivity index (χ1v) is 8.13. The summed E-state index contributed by atoms with van der Waals surface area (Å²) < 4.78 is 23.9. The number of ether oxygens (including phenoxy) is 2. The van der Waals surface area contributed by atoms with Crippen LogP contribution in [0.3, 0.4) is 0 Å². The van der Waals surface area contributed by atoms with Crippen molar-refractivity contribution in [2.24, 2.45) is 4.99 Å². The van der Waals surface area contributed by atoms with E-state index in [4.69, 9.17) is 9.47 Å². The van der Waals surface area contributed by atoms with Crippen molar-refractivity contribution in [3.05, 3.63) is 59.4 Å². The lowest BCUT2D eigenvalue weighted by Gasteiger charge is -2.14. The lowest BCUT2D eigenvalue weighted by Crippen LogP contribution is -2.36. The molecule has 0 spiro atoms. The molecule has 2 aromatic rings. The Bertz CT molecular complexity index is 720. The van der Waals surface area contributed by atoms with Crippen LogP contribution in [-0.2, 0) is 13.1 Å².